The molecule has 2 fully saturated rings. The van der Waals surface area contributed by atoms with Crippen molar-refractivity contribution >= 4 is 17.6 Å². The average Bonchev–Trinajstić information content (AvgIpc) is 2.88. The first-order chi connectivity index (χ1) is 17.5. The number of aryl methyl sites for hydroxylation is 1. The Hall–Kier alpha value is -3.00. The lowest BCUT2D eigenvalue weighted by Gasteiger charge is -2.37. The van der Waals surface area contributed by atoms with Crippen LogP contribution in [0.5, 0.6) is 0 Å². The molecule has 194 valence electrons. The van der Waals surface area contributed by atoms with E-state index in [-0.39, 0.29) is 24.3 Å². The molecule has 0 atom stereocenters. The molecule has 0 N–H and O–H groups in total. The molecule has 4 rings (SSSR count). The summed E-state index contributed by atoms with van der Waals surface area (Å²) >= 11 is 0. The van der Waals surface area contributed by atoms with Crippen LogP contribution in [0, 0.1) is 12.8 Å². The van der Waals surface area contributed by atoms with Crippen LogP contribution in [0.2, 0.25) is 0 Å². The number of likely N-dealkylation sites (N-methyl/N-ethyl adjacent to an activating group) is 1. The highest BCUT2D eigenvalue weighted by atomic mass is 16.2. The van der Waals surface area contributed by atoms with Gasteiger partial charge in [-0.05, 0) is 45.0 Å². The molecule has 0 spiro atoms. The van der Waals surface area contributed by atoms with Crippen LogP contribution >= 0.6 is 0 Å². The molecular formula is C28H40N6O2. The fourth-order valence-corrected chi connectivity index (χ4v) is 4.80. The molecule has 1 aromatic heterocycles. The molecule has 1 aliphatic carbocycles. The summed E-state index contributed by atoms with van der Waals surface area (Å²) < 4.78 is 0. The molecule has 2 aliphatic rings. The van der Waals surface area contributed by atoms with Crippen molar-refractivity contribution in [3.63, 3.8) is 0 Å². The van der Waals surface area contributed by atoms with Crippen molar-refractivity contribution in [1.29, 1.82) is 0 Å². The number of hydrogen-bond acceptors (Lipinski definition) is 6. The van der Waals surface area contributed by atoms with Crippen LogP contribution in [0.25, 0.3) is 11.3 Å². The summed E-state index contributed by atoms with van der Waals surface area (Å²) in [5, 5.41) is 8.87. The zero-order valence-corrected chi connectivity index (χ0v) is 22.0. The first kappa shape index (κ1) is 26.1. The normalized spacial score (nSPS) is 16.2. The highest BCUT2D eigenvalue weighted by Crippen LogP contribution is 2.28. The second-order valence-electron chi connectivity index (χ2n) is 9.93. The van der Waals surface area contributed by atoms with Gasteiger partial charge in [0, 0.05) is 50.7 Å². The summed E-state index contributed by atoms with van der Waals surface area (Å²) in [6.45, 7) is 12.5. The number of anilines is 1. The predicted octanol–water partition coefficient (Wildman–Crippen LogP) is 3.07. The smallest absolute Gasteiger partial charge is 0.242 e. The number of amides is 2. The molecule has 36 heavy (non-hydrogen) atoms. The van der Waals surface area contributed by atoms with Gasteiger partial charge in [0.25, 0.3) is 0 Å². The Labute approximate surface area is 215 Å². The highest BCUT2D eigenvalue weighted by molar-refractivity contribution is 5.86. The van der Waals surface area contributed by atoms with Gasteiger partial charge >= 0.3 is 0 Å². The van der Waals surface area contributed by atoms with Crippen LogP contribution in [-0.4, -0.2) is 95.6 Å². The summed E-state index contributed by atoms with van der Waals surface area (Å²) in [6, 6.07) is 12.3. The zero-order valence-electron chi connectivity index (χ0n) is 22.0. The summed E-state index contributed by atoms with van der Waals surface area (Å²) in [4.78, 5) is 34.4. The summed E-state index contributed by atoms with van der Waals surface area (Å²) in [5.74, 6) is 1.14. The molecule has 8 heteroatoms. The summed E-state index contributed by atoms with van der Waals surface area (Å²) in [7, 11) is 0. The van der Waals surface area contributed by atoms with E-state index < -0.39 is 0 Å². The van der Waals surface area contributed by atoms with Gasteiger partial charge in [-0.25, -0.2) is 0 Å². The van der Waals surface area contributed by atoms with Gasteiger partial charge in [0.1, 0.15) is 0 Å². The van der Waals surface area contributed by atoms with E-state index in [4.69, 9.17) is 0 Å². The first-order valence-electron chi connectivity index (χ1n) is 13.4. The number of piperazine rings is 1. The largest absolute Gasteiger partial charge is 0.352 e. The maximum absolute atomic E-state index is 13.2. The quantitative estimate of drug-likeness (QED) is 0.508. The van der Waals surface area contributed by atoms with E-state index in [0.717, 1.165) is 56.0 Å². The number of carbonyl (C=O) groups is 2. The Balaban J connectivity index is 1.31. The van der Waals surface area contributed by atoms with E-state index in [1.54, 1.807) is 0 Å². The number of nitrogens with zero attached hydrogens (tertiary/aromatic N) is 6. The van der Waals surface area contributed by atoms with Crippen LogP contribution in [0.1, 0.15) is 38.7 Å². The molecule has 2 aromatic rings. The van der Waals surface area contributed by atoms with Crippen molar-refractivity contribution in [1.82, 2.24) is 24.9 Å². The van der Waals surface area contributed by atoms with Gasteiger partial charge in [-0.3, -0.25) is 9.59 Å². The van der Waals surface area contributed by atoms with Gasteiger partial charge in [0.2, 0.25) is 11.8 Å². The number of rotatable bonds is 10. The van der Waals surface area contributed by atoms with Gasteiger partial charge in [0.15, 0.2) is 5.82 Å². The molecule has 1 saturated carbocycles. The maximum Gasteiger partial charge on any atom is 0.242 e. The fraction of sp³-hybridized carbons (Fsp3) is 0.571. The molecule has 1 aliphatic heterocycles. The topological polar surface area (TPSA) is 72.9 Å². The minimum absolute atomic E-state index is 0.0441. The van der Waals surface area contributed by atoms with Crippen molar-refractivity contribution < 1.29 is 9.59 Å². The molecule has 2 amide bonds. The van der Waals surface area contributed by atoms with E-state index in [9.17, 15) is 9.59 Å². The van der Waals surface area contributed by atoms with Gasteiger partial charge < -0.3 is 19.6 Å². The average molecular weight is 493 g/mol. The molecule has 1 saturated heterocycles. The van der Waals surface area contributed by atoms with Crippen molar-refractivity contribution in [3.8, 4) is 11.3 Å². The molecule has 8 nitrogen and oxygen atoms in total. The minimum Gasteiger partial charge on any atom is -0.352 e. The number of aromatic nitrogens is 2. The zero-order chi connectivity index (χ0) is 25.5. The van der Waals surface area contributed by atoms with Crippen LogP contribution in [0.15, 0.2) is 36.4 Å². The first-order valence-corrected chi connectivity index (χ1v) is 13.4. The monoisotopic (exact) mass is 492 g/mol. The molecule has 0 radical (unpaired) electrons. The molecule has 0 unspecified atom stereocenters. The highest BCUT2D eigenvalue weighted by Gasteiger charge is 2.32. The SMILES string of the molecule is CCN(CC)CCN(CC(=O)N1CCN(c2ccc(-c3ccc(C)cc3)nn2)CC1)C(=O)C1CCC1. The summed E-state index contributed by atoms with van der Waals surface area (Å²) in [5.41, 5.74) is 3.13. The summed E-state index contributed by atoms with van der Waals surface area (Å²) in [6.07, 6.45) is 3.03. The molecule has 1 aromatic carbocycles. The van der Waals surface area contributed by atoms with E-state index in [1.165, 1.54) is 5.56 Å². The third-order valence-corrected chi connectivity index (χ3v) is 7.63. The van der Waals surface area contributed by atoms with Gasteiger partial charge in [-0.2, -0.15) is 0 Å². The van der Waals surface area contributed by atoms with Gasteiger partial charge in [0.05, 0.1) is 12.2 Å². The molecular weight excluding hydrogens is 452 g/mol. The number of hydrogen-bond donors (Lipinski definition) is 0. The van der Waals surface area contributed by atoms with Crippen LogP contribution in [0.3, 0.4) is 0 Å². The van der Waals surface area contributed by atoms with Crippen LogP contribution in [0.4, 0.5) is 5.82 Å². The standard InChI is InChI=1S/C28H40N6O2/c1-4-31(5-2)15-16-34(28(36)24-7-6-8-24)21-27(35)33-19-17-32(18-20-33)26-14-13-25(29-30-26)23-11-9-22(3)10-12-23/h9-14,24H,4-8,15-21H2,1-3H3. The van der Waals surface area contributed by atoms with Gasteiger partial charge in [-0.15, -0.1) is 10.2 Å². The Morgan fingerprint density at radius 1 is 0.917 bits per heavy atom. The lowest BCUT2D eigenvalue weighted by molar-refractivity contribution is -0.145. The Kier molecular flexibility index (Phi) is 8.91. The minimum atomic E-state index is 0.0441. The van der Waals surface area contributed by atoms with Crippen LogP contribution < -0.4 is 4.90 Å². The van der Waals surface area contributed by atoms with E-state index in [2.05, 4.69) is 65.0 Å². The maximum atomic E-state index is 13.2. The lowest BCUT2D eigenvalue weighted by atomic mass is 9.84. The lowest BCUT2D eigenvalue weighted by Crippen LogP contribution is -2.53. The fourth-order valence-electron chi connectivity index (χ4n) is 4.80. The van der Waals surface area contributed by atoms with E-state index in [1.807, 2.05) is 21.9 Å². The number of benzene rings is 1. The van der Waals surface area contributed by atoms with E-state index >= 15 is 0 Å². The Bertz CT molecular complexity index is 994. The second kappa shape index (κ2) is 12.3. The third kappa shape index (κ3) is 6.40. The molecule has 0 bridgehead atoms. The van der Waals surface area contributed by atoms with Crippen molar-refractivity contribution in [2.75, 3.05) is 63.8 Å². The predicted molar refractivity (Wildman–Crippen MR) is 143 cm³/mol. The van der Waals surface area contributed by atoms with Crippen molar-refractivity contribution in [2.24, 2.45) is 5.92 Å². The second-order valence-corrected chi connectivity index (χ2v) is 9.93. The third-order valence-electron chi connectivity index (χ3n) is 7.63. The van der Waals surface area contributed by atoms with E-state index in [0.29, 0.717) is 32.7 Å². The number of carbonyl (C=O) groups excluding carboxylic acids is 2. The Morgan fingerprint density at radius 3 is 2.17 bits per heavy atom. The van der Waals surface area contributed by atoms with Gasteiger partial charge in [-0.1, -0.05) is 50.1 Å². The van der Waals surface area contributed by atoms with Crippen molar-refractivity contribution in [3.05, 3.63) is 42.0 Å². The van der Waals surface area contributed by atoms with Crippen LogP contribution in [-0.2, 0) is 9.59 Å². The Morgan fingerprint density at radius 2 is 1.61 bits per heavy atom. The van der Waals surface area contributed by atoms with Crippen molar-refractivity contribution in [2.45, 2.75) is 40.0 Å². The molecule has 2 heterocycles.